The summed E-state index contributed by atoms with van der Waals surface area (Å²) in [5.41, 5.74) is 5.13. The van der Waals surface area contributed by atoms with Crippen molar-refractivity contribution in [3.05, 3.63) is 65.2 Å². The predicted molar refractivity (Wildman–Crippen MR) is 91.7 cm³/mol. The van der Waals surface area contributed by atoms with Crippen molar-refractivity contribution in [1.82, 2.24) is 25.0 Å². The van der Waals surface area contributed by atoms with Crippen molar-refractivity contribution in [2.75, 3.05) is 0 Å². The van der Waals surface area contributed by atoms with Crippen molar-refractivity contribution >= 4 is 24.0 Å². The van der Waals surface area contributed by atoms with Crippen molar-refractivity contribution < 1.29 is 4.79 Å². The molecule has 3 aromatic rings. The number of hydrogen-bond acceptors (Lipinski definition) is 5. The van der Waals surface area contributed by atoms with Gasteiger partial charge in [-0.2, -0.15) is 10.1 Å². The Morgan fingerprint density at radius 2 is 2.00 bits per heavy atom. The number of allylic oxidation sites excluding steroid dienone is 1. The maximum atomic E-state index is 12.0. The second-order valence-corrected chi connectivity index (χ2v) is 5.18. The molecule has 7 heteroatoms. The topological polar surface area (TPSA) is 84.5 Å². The van der Waals surface area contributed by atoms with Crippen LogP contribution in [0.4, 0.5) is 0 Å². The van der Waals surface area contributed by atoms with Crippen molar-refractivity contribution in [2.45, 2.75) is 13.8 Å². The van der Waals surface area contributed by atoms with Crippen molar-refractivity contribution in [2.24, 2.45) is 5.10 Å². The van der Waals surface area contributed by atoms with E-state index in [0.29, 0.717) is 5.78 Å². The molecule has 0 bridgehead atoms. The number of carbonyl (C=O) groups is 1. The van der Waals surface area contributed by atoms with Crippen molar-refractivity contribution in [3.8, 4) is 0 Å². The zero-order chi connectivity index (χ0) is 16.9. The largest absolute Gasteiger partial charge is 0.311 e. The molecule has 3 rings (SSSR count). The Hall–Kier alpha value is -3.35. The van der Waals surface area contributed by atoms with Crippen LogP contribution in [-0.4, -0.2) is 31.7 Å². The molecule has 0 saturated carbocycles. The minimum absolute atomic E-state index is 0.0281. The molecule has 2 aromatic heterocycles. The van der Waals surface area contributed by atoms with Crippen LogP contribution in [0.3, 0.4) is 0 Å². The Morgan fingerprint density at radius 3 is 2.79 bits per heavy atom. The number of aryl methyl sites for hydroxylation is 2. The second-order valence-electron chi connectivity index (χ2n) is 5.18. The summed E-state index contributed by atoms with van der Waals surface area (Å²) in [6.07, 6.45) is 5.12. The number of nitrogens with zero attached hydrogens (tertiary/aromatic N) is 5. The van der Waals surface area contributed by atoms with Crippen LogP contribution in [0.1, 0.15) is 27.6 Å². The number of nitrogens with one attached hydrogen (secondary N) is 1. The van der Waals surface area contributed by atoms with Crippen LogP contribution in [-0.2, 0) is 0 Å². The summed E-state index contributed by atoms with van der Waals surface area (Å²) in [7, 11) is 0. The molecular weight excluding hydrogens is 304 g/mol. The number of fused-ring (bicyclic) bond motifs is 1. The Morgan fingerprint density at radius 1 is 1.21 bits per heavy atom. The van der Waals surface area contributed by atoms with E-state index in [2.05, 4.69) is 25.6 Å². The van der Waals surface area contributed by atoms with Gasteiger partial charge in [0, 0.05) is 17.6 Å². The first-order chi connectivity index (χ1) is 11.6. The molecule has 120 valence electrons. The third-order valence-corrected chi connectivity index (χ3v) is 3.24. The lowest BCUT2D eigenvalue weighted by molar-refractivity contribution is 0.0945. The Balaban J connectivity index is 1.66. The lowest BCUT2D eigenvalue weighted by Gasteiger charge is -1.97. The van der Waals surface area contributed by atoms with Gasteiger partial charge in [0.05, 0.1) is 0 Å². The number of hydrogen-bond donors (Lipinski definition) is 1. The first-order valence-electron chi connectivity index (χ1n) is 7.39. The molecule has 0 aliphatic rings. The fraction of sp³-hybridized carbons (Fsp3) is 0.118. The monoisotopic (exact) mass is 320 g/mol. The number of amides is 1. The molecule has 1 N–H and O–H groups in total. The van der Waals surface area contributed by atoms with Gasteiger partial charge >= 0.3 is 5.91 Å². The van der Waals surface area contributed by atoms with Gasteiger partial charge in [-0.3, -0.25) is 4.79 Å². The summed E-state index contributed by atoms with van der Waals surface area (Å²) in [6.45, 7) is 3.75. The SMILES string of the molecule is Cc1cc(C)n2nc(C(=O)N/N=C\C=C\c3ccccc3)nc2n1. The van der Waals surface area contributed by atoms with E-state index in [1.54, 1.807) is 6.08 Å². The van der Waals surface area contributed by atoms with Crippen molar-refractivity contribution in [1.29, 1.82) is 0 Å². The van der Waals surface area contributed by atoms with Crippen LogP contribution in [0, 0.1) is 13.8 Å². The lowest BCUT2D eigenvalue weighted by atomic mass is 10.2. The van der Waals surface area contributed by atoms with Crippen LogP contribution in [0.5, 0.6) is 0 Å². The zero-order valence-electron chi connectivity index (χ0n) is 13.3. The molecule has 0 fully saturated rings. The first-order valence-corrected chi connectivity index (χ1v) is 7.39. The molecule has 0 aliphatic heterocycles. The molecule has 0 aliphatic carbocycles. The highest BCUT2D eigenvalue weighted by atomic mass is 16.2. The fourth-order valence-electron chi connectivity index (χ4n) is 2.17. The summed E-state index contributed by atoms with van der Waals surface area (Å²) < 4.78 is 1.53. The molecule has 1 amide bonds. The quantitative estimate of drug-likeness (QED) is 0.590. The van der Waals surface area contributed by atoms with E-state index in [1.807, 2.05) is 56.3 Å². The Labute approximate surface area is 138 Å². The van der Waals surface area contributed by atoms with Gasteiger partial charge in [-0.05, 0) is 31.6 Å². The van der Waals surface area contributed by atoms with Crippen LogP contribution < -0.4 is 5.43 Å². The molecule has 1 aromatic carbocycles. The van der Waals surface area contributed by atoms with Crippen LogP contribution >= 0.6 is 0 Å². The van der Waals surface area contributed by atoms with E-state index in [4.69, 9.17) is 0 Å². The van der Waals surface area contributed by atoms with Gasteiger partial charge in [-0.15, -0.1) is 5.10 Å². The van der Waals surface area contributed by atoms with E-state index in [1.165, 1.54) is 10.7 Å². The Kier molecular flexibility index (Phi) is 4.42. The summed E-state index contributed by atoms with van der Waals surface area (Å²) >= 11 is 0. The molecule has 0 atom stereocenters. The summed E-state index contributed by atoms with van der Waals surface area (Å²) in [4.78, 5) is 20.4. The van der Waals surface area contributed by atoms with Crippen LogP contribution in [0.15, 0.2) is 47.6 Å². The maximum Gasteiger partial charge on any atom is 0.311 e. The van der Waals surface area contributed by atoms with Crippen LogP contribution in [0.25, 0.3) is 11.9 Å². The lowest BCUT2D eigenvalue weighted by Crippen LogP contribution is -2.19. The normalized spacial score (nSPS) is 11.6. The van der Waals surface area contributed by atoms with Gasteiger partial charge in [-0.1, -0.05) is 36.4 Å². The van der Waals surface area contributed by atoms with Gasteiger partial charge in [0.1, 0.15) is 0 Å². The molecule has 0 radical (unpaired) electrons. The first kappa shape index (κ1) is 15.5. The highest BCUT2D eigenvalue weighted by Crippen LogP contribution is 2.05. The number of benzene rings is 1. The summed E-state index contributed by atoms with van der Waals surface area (Å²) in [5, 5.41) is 7.99. The predicted octanol–water partition coefficient (Wildman–Crippen LogP) is 2.17. The molecule has 24 heavy (non-hydrogen) atoms. The molecule has 2 heterocycles. The van der Waals surface area contributed by atoms with Gasteiger partial charge in [0.2, 0.25) is 5.82 Å². The smallest absolute Gasteiger partial charge is 0.264 e. The molecule has 0 unspecified atom stereocenters. The number of carbonyl (C=O) groups excluding carboxylic acids is 1. The number of hydrazone groups is 1. The highest BCUT2D eigenvalue weighted by Gasteiger charge is 2.14. The van der Waals surface area contributed by atoms with E-state index in [0.717, 1.165) is 17.0 Å². The zero-order valence-corrected chi connectivity index (χ0v) is 13.3. The van der Waals surface area contributed by atoms with Gasteiger partial charge in [0.15, 0.2) is 0 Å². The van der Waals surface area contributed by atoms with E-state index < -0.39 is 5.91 Å². The van der Waals surface area contributed by atoms with E-state index in [-0.39, 0.29) is 5.82 Å². The summed E-state index contributed by atoms with van der Waals surface area (Å²) in [5.74, 6) is -0.0621. The fourth-order valence-corrected chi connectivity index (χ4v) is 2.17. The average Bonchev–Trinajstić information content (AvgIpc) is 3.00. The maximum absolute atomic E-state index is 12.0. The van der Waals surface area contributed by atoms with E-state index in [9.17, 15) is 4.79 Å². The third kappa shape index (κ3) is 3.52. The standard InChI is InChI=1S/C17H16N6O/c1-12-11-13(2)23-17(19-12)20-15(22-23)16(24)21-18-10-6-9-14-7-4-3-5-8-14/h3-11H,1-2H3,(H,21,24)/b9-6+,18-10-. The summed E-state index contributed by atoms with van der Waals surface area (Å²) in [6, 6.07) is 11.7. The molecule has 0 saturated heterocycles. The highest BCUT2D eigenvalue weighted by molar-refractivity contribution is 5.91. The molecular formula is C17H16N6O. The van der Waals surface area contributed by atoms with E-state index >= 15 is 0 Å². The second kappa shape index (κ2) is 6.82. The Bertz CT molecular complexity index is 927. The molecule has 7 nitrogen and oxygen atoms in total. The number of rotatable bonds is 4. The van der Waals surface area contributed by atoms with Gasteiger partial charge in [0.25, 0.3) is 5.78 Å². The number of aromatic nitrogens is 4. The molecule has 0 spiro atoms. The minimum atomic E-state index is -0.484. The third-order valence-electron chi connectivity index (χ3n) is 3.24. The van der Waals surface area contributed by atoms with Gasteiger partial charge < -0.3 is 0 Å². The minimum Gasteiger partial charge on any atom is -0.264 e. The van der Waals surface area contributed by atoms with Crippen LogP contribution in [0.2, 0.25) is 0 Å². The average molecular weight is 320 g/mol. The van der Waals surface area contributed by atoms with Gasteiger partial charge in [-0.25, -0.2) is 14.9 Å². The van der Waals surface area contributed by atoms with Crippen molar-refractivity contribution in [3.63, 3.8) is 0 Å².